The molecule has 23 heavy (non-hydrogen) atoms. The summed E-state index contributed by atoms with van der Waals surface area (Å²) in [6.45, 7) is 3.09. The van der Waals surface area contributed by atoms with Crippen molar-refractivity contribution in [3.05, 3.63) is 54.2 Å². The van der Waals surface area contributed by atoms with Crippen molar-refractivity contribution in [2.45, 2.75) is 0 Å². The monoisotopic (exact) mass is 310 g/mol. The van der Waals surface area contributed by atoms with Crippen LogP contribution >= 0.6 is 0 Å². The maximum atomic E-state index is 12.6. The van der Waals surface area contributed by atoms with E-state index in [9.17, 15) is 4.79 Å². The number of carbonyl (C=O) groups is 1. The Hall–Kier alpha value is -2.56. The minimum Gasteiger partial charge on any atom is -0.378 e. The zero-order valence-electron chi connectivity index (χ0n) is 13.6. The van der Waals surface area contributed by atoms with Crippen LogP contribution in [0.4, 0.5) is 11.5 Å². The molecular weight excluding hydrogens is 288 g/mol. The van der Waals surface area contributed by atoms with E-state index in [2.05, 4.69) is 9.88 Å². The quantitative estimate of drug-likeness (QED) is 0.870. The van der Waals surface area contributed by atoms with Gasteiger partial charge >= 0.3 is 0 Å². The minimum absolute atomic E-state index is 0.107. The average molecular weight is 310 g/mol. The molecule has 2 heterocycles. The highest BCUT2D eigenvalue weighted by Gasteiger charge is 2.22. The van der Waals surface area contributed by atoms with Gasteiger partial charge in [-0.1, -0.05) is 6.07 Å². The van der Waals surface area contributed by atoms with Gasteiger partial charge in [0.05, 0.1) is 0 Å². The van der Waals surface area contributed by atoms with Gasteiger partial charge in [0.1, 0.15) is 5.82 Å². The largest absolute Gasteiger partial charge is 0.378 e. The van der Waals surface area contributed by atoms with Gasteiger partial charge in [-0.05, 0) is 36.4 Å². The Morgan fingerprint density at radius 1 is 1.00 bits per heavy atom. The second kappa shape index (κ2) is 6.69. The van der Waals surface area contributed by atoms with Gasteiger partial charge in [0.2, 0.25) is 0 Å². The van der Waals surface area contributed by atoms with E-state index >= 15 is 0 Å². The number of hydrogen-bond acceptors (Lipinski definition) is 4. The van der Waals surface area contributed by atoms with E-state index in [4.69, 9.17) is 0 Å². The summed E-state index contributed by atoms with van der Waals surface area (Å²) in [6, 6.07) is 13.7. The Bertz CT molecular complexity index is 646. The summed E-state index contributed by atoms with van der Waals surface area (Å²) in [7, 11) is 3.99. The van der Waals surface area contributed by atoms with E-state index in [1.54, 1.807) is 6.20 Å². The SMILES string of the molecule is CN(C)c1ccc(C(=O)N2CCN(c3ccccn3)CC2)cc1. The zero-order valence-corrected chi connectivity index (χ0v) is 13.6. The summed E-state index contributed by atoms with van der Waals surface area (Å²) in [5.74, 6) is 1.09. The molecule has 0 N–H and O–H groups in total. The average Bonchev–Trinajstić information content (AvgIpc) is 2.62. The lowest BCUT2D eigenvalue weighted by Crippen LogP contribution is -2.49. The number of carbonyl (C=O) groups excluding carboxylic acids is 1. The third kappa shape index (κ3) is 3.44. The number of anilines is 2. The van der Waals surface area contributed by atoms with E-state index in [-0.39, 0.29) is 5.91 Å². The minimum atomic E-state index is 0.107. The van der Waals surface area contributed by atoms with Crippen LogP contribution in [0, 0.1) is 0 Å². The van der Waals surface area contributed by atoms with Crippen molar-refractivity contribution < 1.29 is 4.79 Å². The third-order valence-corrected chi connectivity index (χ3v) is 4.17. The third-order valence-electron chi connectivity index (χ3n) is 4.17. The standard InChI is InChI=1S/C18H22N4O/c1-20(2)16-8-6-15(7-9-16)18(23)22-13-11-21(12-14-22)17-5-3-4-10-19-17/h3-10H,11-14H2,1-2H3. The summed E-state index contributed by atoms with van der Waals surface area (Å²) >= 11 is 0. The van der Waals surface area contributed by atoms with Crippen LogP contribution in [0.25, 0.3) is 0 Å². The van der Waals surface area contributed by atoms with E-state index < -0.39 is 0 Å². The van der Waals surface area contributed by atoms with E-state index in [1.165, 1.54) is 0 Å². The van der Waals surface area contributed by atoms with Crippen LogP contribution in [0.3, 0.4) is 0 Å². The first kappa shape index (κ1) is 15.3. The maximum absolute atomic E-state index is 12.6. The highest BCUT2D eigenvalue weighted by Crippen LogP contribution is 2.16. The molecule has 0 saturated carbocycles. The molecule has 1 aliphatic rings. The molecular formula is C18H22N4O. The second-order valence-corrected chi connectivity index (χ2v) is 5.91. The number of hydrogen-bond donors (Lipinski definition) is 0. The Balaban J connectivity index is 1.62. The predicted octanol–water partition coefficient (Wildman–Crippen LogP) is 2.11. The van der Waals surface area contributed by atoms with Crippen LogP contribution in [-0.2, 0) is 0 Å². The van der Waals surface area contributed by atoms with Gasteiger partial charge in [-0.3, -0.25) is 4.79 Å². The van der Waals surface area contributed by atoms with E-state index in [0.29, 0.717) is 0 Å². The summed E-state index contributed by atoms with van der Waals surface area (Å²) in [5, 5.41) is 0. The number of benzene rings is 1. The van der Waals surface area contributed by atoms with Crippen LogP contribution in [0.1, 0.15) is 10.4 Å². The number of rotatable bonds is 3. The predicted molar refractivity (Wildman–Crippen MR) is 93.1 cm³/mol. The Kier molecular flexibility index (Phi) is 4.46. The molecule has 0 bridgehead atoms. The molecule has 1 fully saturated rings. The van der Waals surface area contributed by atoms with Crippen LogP contribution in [0.5, 0.6) is 0 Å². The van der Waals surface area contributed by atoms with Gasteiger partial charge in [0.15, 0.2) is 0 Å². The normalized spacial score (nSPS) is 14.7. The lowest BCUT2D eigenvalue weighted by atomic mass is 10.1. The Morgan fingerprint density at radius 3 is 2.26 bits per heavy atom. The smallest absolute Gasteiger partial charge is 0.253 e. The Labute approximate surface area is 137 Å². The highest BCUT2D eigenvalue weighted by molar-refractivity contribution is 5.94. The van der Waals surface area contributed by atoms with Crippen molar-refractivity contribution >= 4 is 17.4 Å². The fourth-order valence-corrected chi connectivity index (χ4v) is 2.76. The van der Waals surface area contributed by atoms with Crippen molar-refractivity contribution in [2.24, 2.45) is 0 Å². The van der Waals surface area contributed by atoms with Gasteiger partial charge in [-0.2, -0.15) is 0 Å². The molecule has 0 spiro atoms. The molecule has 0 radical (unpaired) electrons. The van der Waals surface area contributed by atoms with Gasteiger partial charge in [0.25, 0.3) is 5.91 Å². The van der Waals surface area contributed by atoms with E-state index in [0.717, 1.165) is 43.2 Å². The number of piperazine rings is 1. The highest BCUT2D eigenvalue weighted by atomic mass is 16.2. The Morgan fingerprint density at radius 2 is 1.70 bits per heavy atom. The molecule has 0 unspecified atom stereocenters. The fraction of sp³-hybridized carbons (Fsp3) is 0.333. The fourth-order valence-electron chi connectivity index (χ4n) is 2.76. The van der Waals surface area contributed by atoms with E-state index in [1.807, 2.05) is 66.4 Å². The van der Waals surface area contributed by atoms with Crippen LogP contribution in [-0.4, -0.2) is 56.1 Å². The molecule has 1 aliphatic heterocycles. The first-order chi connectivity index (χ1) is 11.1. The van der Waals surface area contributed by atoms with Gasteiger partial charge in [-0.25, -0.2) is 4.98 Å². The number of amides is 1. The molecule has 2 aromatic rings. The van der Waals surface area contributed by atoms with Crippen molar-refractivity contribution in [3.8, 4) is 0 Å². The van der Waals surface area contributed by atoms with Crippen LogP contribution < -0.4 is 9.80 Å². The first-order valence-corrected chi connectivity index (χ1v) is 7.88. The summed E-state index contributed by atoms with van der Waals surface area (Å²) in [4.78, 5) is 23.1. The summed E-state index contributed by atoms with van der Waals surface area (Å²) < 4.78 is 0. The molecule has 3 rings (SSSR count). The van der Waals surface area contributed by atoms with Crippen molar-refractivity contribution in [1.82, 2.24) is 9.88 Å². The van der Waals surface area contributed by atoms with Gasteiger partial charge in [0, 0.05) is 57.7 Å². The zero-order chi connectivity index (χ0) is 16.2. The van der Waals surface area contributed by atoms with Crippen molar-refractivity contribution in [1.29, 1.82) is 0 Å². The van der Waals surface area contributed by atoms with Gasteiger partial charge in [-0.15, -0.1) is 0 Å². The van der Waals surface area contributed by atoms with Gasteiger partial charge < -0.3 is 14.7 Å². The van der Waals surface area contributed by atoms with Crippen LogP contribution in [0.2, 0.25) is 0 Å². The topological polar surface area (TPSA) is 39.7 Å². The molecule has 1 amide bonds. The maximum Gasteiger partial charge on any atom is 0.253 e. The molecule has 5 nitrogen and oxygen atoms in total. The molecule has 120 valence electrons. The second-order valence-electron chi connectivity index (χ2n) is 5.91. The molecule has 1 aromatic heterocycles. The number of aromatic nitrogens is 1. The summed E-state index contributed by atoms with van der Waals surface area (Å²) in [6.07, 6.45) is 1.80. The lowest BCUT2D eigenvalue weighted by Gasteiger charge is -2.35. The number of pyridine rings is 1. The molecule has 1 saturated heterocycles. The van der Waals surface area contributed by atoms with Crippen molar-refractivity contribution in [2.75, 3.05) is 50.1 Å². The molecule has 1 aromatic carbocycles. The van der Waals surface area contributed by atoms with Crippen molar-refractivity contribution in [3.63, 3.8) is 0 Å². The molecule has 0 aliphatic carbocycles. The lowest BCUT2D eigenvalue weighted by molar-refractivity contribution is 0.0746. The summed E-state index contributed by atoms with van der Waals surface area (Å²) in [5.41, 5.74) is 1.85. The molecule has 5 heteroatoms. The first-order valence-electron chi connectivity index (χ1n) is 7.88. The molecule has 0 atom stereocenters. The number of nitrogens with zero attached hydrogens (tertiary/aromatic N) is 4. The van der Waals surface area contributed by atoms with Crippen LogP contribution in [0.15, 0.2) is 48.7 Å².